The van der Waals surface area contributed by atoms with Crippen LogP contribution < -0.4 is 4.74 Å². The molecule has 1 aromatic rings. The van der Waals surface area contributed by atoms with Gasteiger partial charge in [-0.3, -0.25) is 10.1 Å². The van der Waals surface area contributed by atoms with Crippen LogP contribution >= 0.6 is 0 Å². The second kappa shape index (κ2) is 4.51. The SMILES string of the molecule is CCCCC1Cc2cc([N+](=O)[O-])ccc2O1. The van der Waals surface area contributed by atoms with Crippen molar-refractivity contribution in [2.24, 2.45) is 0 Å². The molecule has 0 spiro atoms. The number of nitro benzene ring substituents is 1. The number of hydrogen-bond donors (Lipinski definition) is 0. The third-order valence-electron chi connectivity index (χ3n) is 2.88. The molecule has 0 fully saturated rings. The molecule has 1 aliphatic rings. The van der Waals surface area contributed by atoms with Crippen molar-refractivity contribution in [1.82, 2.24) is 0 Å². The van der Waals surface area contributed by atoms with Gasteiger partial charge in [0.25, 0.3) is 5.69 Å². The smallest absolute Gasteiger partial charge is 0.269 e. The minimum atomic E-state index is -0.361. The quantitative estimate of drug-likeness (QED) is 0.580. The van der Waals surface area contributed by atoms with Gasteiger partial charge in [0.05, 0.1) is 4.92 Å². The van der Waals surface area contributed by atoms with E-state index in [9.17, 15) is 10.1 Å². The molecule has 1 aromatic carbocycles. The molecule has 4 nitrogen and oxygen atoms in total. The van der Waals surface area contributed by atoms with Crippen molar-refractivity contribution in [2.75, 3.05) is 0 Å². The summed E-state index contributed by atoms with van der Waals surface area (Å²) < 4.78 is 5.72. The molecule has 86 valence electrons. The zero-order chi connectivity index (χ0) is 11.5. The van der Waals surface area contributed by atoms with Crippen molar-refractivity contribution in [1.29, 1.82) is 0 Å². The van der Waals surface area contributed by atoms with Crippen LogP contribution in [-0.4, -0.2) is 11.0 Å². The topological polar surface area (TPSA) is 52.4 Å². The summed E-state index contributed by atoms with van der Waals surface area (Å²) >= 11 is 0. The second-order valence-corrected chi connectivity index (χ2v) is 4.14. The predicted octanol–water partition coefficient (Wildman–Crippen LogP) is 3.09. The minimum Gasteiger partial charge on any atom is -0.490 e. The molecule has 1 heterocycles. The van der Waals surface area contributed by atoms with Gasteiger partial charge in [-0.25, -0.2) is 0 Å². The Bertz CT molecular complexity index is 403. The molecular weight excluding hydrogens is 206 g/mol. The van der Waals surface area contributed by atoms with Crippen molar-refractivity contribution in [3.63, 3.8) is 0 Å². The van der Waals surface area contributed by atoms with E-state index in [-0.39, 0.29) is 16.7 Å². The van der Waals surface area contributed by atoms with E-state index < -0.39 is 0 Å². The highest BCUT2D eigenvalue weighted by molar-refractivity contribution is 5.46. The number of nitrogens with zero attached hydrogens (tertiary/aromatic N) is 1. The maximum Gasteiger partial charge on any atom is 0.269 e. The first kappa shape index (κ1) is 10.9. The lowest BCUT2D eigenvalue weighted by atomic mass is 10.1. The van der Waals surface area contributed by atoms with E-state index in [2.05, 4.69) is 6.92 Å². The Morgan fingerprint density at radius 2 is 2.38 bits per heavy atom. The maximum atomic E-state index is 10.6. The third kappa shape index (κ3) is 2.15. The molecule has 1 atom stereocenters. The Morgan fingerprint density at radius 3 is 3.06 bits per heavy atom. The lowest BCUT2D eigenvalue weighted by Gasteiger charge is -2.08. The van der Waals surface area contributed by atoms with Crippen molar-refractivity contribution < 1.29 is 9.66 Å². The molecule has 0 bridgehead atoms. The number of unbranched alkanes of at least 4 members (excludes halogenated alkanes) is 1. The second-order valence-electron chi connectivity index (χ2n) is 4.14. The summed E-state index contributed by atoms with van der Waals surface area (Å²) in [5.74, 6) is 0.812. The van der Waals surface area contributed by atoms with Gasteiger partial charge in [0.2, 0.25) is 0 Å². The molecule has 0 aliphatic carbocycles. The summed E-state index contributed by atoms with van der Waals surface area (Å²) in [6.45, 7) is 2.15. The van der Waals surface area contributed by atoms with Crippen molar-refractivity contribution in [2.45, 2.75) is 38.7 Å². The molecular formula is C12H15NO3. The highest BCUT2D eigenvalue weighted by atomic mass is 16.6. The number of rotatable bonds is 4. The molecule has 0 radical (unpaired) electrons. The predicted molar refractivity (Wildman–Crippen MR) is 60.7 cm³/mol. The summed E-state index contributed by atoms with van der Waals surface area (Å²) in [5, 5.41) is 10.6. The number of fused-ring (bicyclic) bond motifs is 1. The third-order valence-corrected chi connectivity index (χ3v) is 2.88. The van der Waals surface area contributed by atoms with E-state index in [0.29, 0.717) is 0 Å². The first-order valence-electron chi connectivity index (χ1n) is 5.64. The van der Waals surface area contributed by atoms with Gasteiger partial charge < -0.3 is 4.74 Å². The molecule has 0 saturated heterocycles. The van der Waals surface area contributed by atoms with Crippen LogP contribution in [0.4, 0.5) is 5.69 Å². The van der Waals surface area contributed by atoms with Gasteiger partial charge in [0.15, 0.2) is 0 Å². The van der Waals surface area contributed by atoms with E-state index in [1.165, 1.54) is 6.07 Å². The maximum absolute atomic E-state index is 10.6. The highest BCUT2D eigenvalue weighted by Crippen LogP contribution is 2.33. The average Bonchev–Trinajstić information content (AvgIpc) is 2.67. The number of ether oxygens (including phenoxy) is 1. The van der Waals surface area contributed by atoms with Crippen molar-refractivity contribution >= 4 is 5.69 Å². The lowest BCUT2D eigenvalue weighted by molar-refractivity contribution is -0.384. The van der Waals surface area contributed by atoms with Gasteiger partial charge >= 0.3 is 0 Å². The van der Waals surface area contributed by atoms with E-state index >= 15 is 0 Å². The molecule has 1 unspecified atom stereocenters. The molecule has 0 saturated carbocycles. The summed E-state index contributed by atoms with van der Waals surface area (Å²) in [4.78, 5) is 10.3. The number of hydrogen-bond acceptors (Lipinski definition) is 3. The Balaban J connectivity index is 2.09. The molecule has 4 heteroatoms. The number of non-ortho nitro benzene ring substituents is 1. The van der Waals surface area contributed by atoms with Gasteiger partial charge in [-0.1, -0.05) is 19.8 Å². The van der Waals surface area contributed by atoms with Gasteiger partial charge in [0.1, 0.15) is 11.9 Å². The Hall–Kier alpha value is -1.58. The van der Waals surface area contributed by atoms with Crippen LogP contribution in [-0.2, 0) is 6.42 Å². The van der Waals surface area contributed by atoms with Gasteiger partial charge in [-0.15, -0.1) is 0 Å². The Morgan fingerprint density at radius 1 is 1.56 bits per heavy atom. The van der Waals surface area contributed by atoms with Gasteiger partial charge in [-0.05, 0) is 12.5 Å². The van der Waals surface area contributed by atoms with Crippen LogP contribution in [0.15, 0.2) is 18.2 Å². The molecule has 1 aliphatic heterocycles. The normalized spacial score (nSPS) is 17.9. The molecule has 0 aromatic heterocycles. The first-order chi connectivity index (χ1) is 7.70. The fraction of sp³-hybridized carbons (Fsp3) is 0.500. The van der Waals surface area contributed by atoms with Crippen molar-refractivity contribution in [3.05, 3.63) is 33.9 Å². The minimum absolute atomic E-state index is 0.151. The van der Waals surface area contributed by atoms with E-state index in [0.717, 1.165) is 37.0 Å². The molecule has 0 N–H and O–H groups in total. The standard InChI is InChI=1S/C12H15NO3/c1-2-3-4-11-8-9-7-10(13(14)15)5-6-12(9)16-11/h5-7,11H,2-4,8H2,1H3. The zero-order valence-corrected chi connectivity index (χ0v) is 9.31. The van der Waals surface area contributed by atoms with Crippen molar-refractivity contribution in [3.8, 4) is 5.75 Å². The van der Waals surface area contributed by atoms with Gasteiger partial charge in [0, 0.05) is 24.1 Å². The highest BCUT2D eigenvalue weighted by Gasteiger charge is 2.24. The number of benzene rings is 1. The average molecular weight is 221 g/mol. The Kier molecular flexibility index (Phi) is 3.08. The van der Waals surface area contributed by atoms with Crippen LogP contribution in [0.3, 0.4) is 0 Å². The monoisotopic (exact) mass is 221 g/mol. The van der Waals surface area contributed by atoms with Gasteiger partial charge in [-0.2, -0.15) is 0 Å². The molecule has 2 rings (SSSR count). The van der Waals surface area contributed by atoms with Crippen LogP contribution in [0.5, 0.6) is 5.75 Å². The fourth-order valence-electron chi connectivity index (χ4n) is 2.01. The van der Waals surface area contributed by atoms with E-state index in [1.807, 2.05) is 0 Å². The van der Waals surface area contributed by atoms with Crippen LogP contribution in [0.2, 0.25) is 0 Å². The van der Waals surface area contributed by atoms with E-state index in [4.69, 9.17) is 4.74 Å². The number of nitro groups is 1. The fourth-order valence-corrected chi connectivity index (χ4v) is 2.01. The zero-order valence-electron chi connectivity index (χ0n) is 9.31. The summed E-state index contributed by atoms with van der Waals surface area (Å²) in [5.41, 5.74) is 1.12. The summed E-state index contributed by atoms with van der Waals surface area (Å²) in [7, 11) is 0. The lowest BCUT2D eigenvalue weighted by Crippen LogP contribution is -2.12. The molecule has 0 amide bonds. The van der Waals surface area contributed by atoms with Crippen LogP contribution in [0.1, 0.15) is 31.7 Å². The van der Waals surface area contributed by atoms with Crippen LogP contribution in [0, 0.1) is 10.1 Å². The Labute approximate surface area is 94.4 Å². The van der Waals surface area contributed by atoms with E-state index in [1.54, 1.807) is 12.1 Å². The summed E-state index contributed by atoms with van der Waals surface area (Å²) in [6.07, 6.45) is 4.32. The summed E-state index contributed by atoms with van der Waals surface area (Å²) in [6, 6.07) is 4.84. The van der Waals surface area contributed by atoms with Crippen LogP contribution in [0.25, 0.3) is 0 Å². The largest absolute Gasteiger partial charge is 0.490 e. The molecule has 16 heavy (non-hydrogen) atoms. The first-order valence-corrected chi connectivity index (χ1v) is 5.64.